The van der Waals surface area contributed by atoms with Crippen LogP contribution in [0.3, 0.4) is 0 Å². The molecule has 0 aliphatic carbocycles. The number of hydrogen-bond donors (Lipinski definition) is 1. The Balaban J connectivity index is 1.81. The number of amides is 1. The number of thioether (sulfide) groups is 1. The molecule has 0 saturated carbocycles. The van der Waals surface area contributed by atoms with Gasteiger partial charge in [-0.1, -0.05) is 30.0 Å². The number of carbonyl (C=O) groups excluding carboxylic acids is 1. The number of anilines is 1. The number of benzene rings is 1. The second-order valence-corrected chi connectivity index (χ2v) is 7.72. The predicted octanol–water partition coefficient (Wildman–Crippen LogP) is 4.03. The van der Waals surface area contributed by atoms with Gasteiger partial charge in [-0.25, -0.2) is 0 Å². The van der Waals surface area contributed by atoms with Crippen LogP contribution in [-0.2, 0) is 11.3 Å². The lowest BCUT2D eigenvalue weighted by atomic mass is 10.1. The minimum atomic E-state index is -0.152. The molecule has 2 aromatic rings. The number of aromatic hydroxyl groups is 1. The minimum Gasteiger partial charge on any atom is -0.507 e. The summed E-state index contributed by atoms with van der Waals surface area (Å²) in [6.07, 6.45) is 5.11. The van der Waals surface area contributed by atoms with Gasteiger partial charge in [0.25, 0.3) is 5.91 Å². The van der Waals surface area contributed by atoms with Crippen molar-refractivity contribution >= 4 is 46.0 Å². The first-order chi connectivity index (χ1) is 13.0. The van der Waals surface area contributed by atoms with Crippen LogP contribution >= 0.6 is 24.0 Å². The molecule has 5 nitrogen and oxygen atoms in total. The second-order valence-electron chi connectivity index (χ2n) is 6.04. The lowest BCUT2D eigenvalue weighted by Crippen LogP contribution is -2.27. The SMILES string of the molecule is CCN(CC)c1ccc(C=C2SC(=S)N(Cc3cccnc3)C2=O)c(O)c1. The zero-order chi connectivity index (χ0) is 19.4. The van der Waals surface area contributed by atoms with Crippen LogP contribution in [0.5, 0.6) is 5.75 Å². The molecule has 0 spiro atoms. The first kappa shape index (κ1) is 19.4. The van der Waals surface area contributed by atoms with Crippen LogP contribution in [0, 0.1) is 0 Å². The van der Waals surface area contributed by atoms with E-state index in [1.807, 2.05) is 24.3 Å². The van der Waals surface area contributed by atoms with Crippen molar-refractivity contribution < 1.29 is 9.90 Å². The van der Waals surface area contributed by atoms with Crippen molar-refractivity contribution in [3.8, 4) is 5.75 Å². The molecule has 0 bridgehead atoms. The van der Waals surface area contributed by atoms with Gasteiger partial charge in [0.2, 0.25) is 0 Å². The smallest absolute Gasteiger partial charge is 0.266 e. The number of nitrogens with zero attached hydrogens (tertiary/aromatic N) is 3. The number of pyridine rings is 1. The minimum absolute atomic E-state index is 0.150. The van der Waals surface area contributed by atoms with E-state index in [2.05, 4.69) is 23.7 Å². The molecule has 1 N–H and O–H groups in total. The second kappa shape index (κ2) is 8.54. The summed E-state index contributed by atoms with van der Waals surface area (Å²) in [7, 11) is 0. The lowest BCUT2D eigenvalue weighted by Gasteiger charge is -2.21. The maximum atomic E-state index is 12.7. The van der Waals surface area contributed by atoms with E-state index < -0.39 is 0 Å². The fourth-order valence-corrected chi connectivity index (χ4v) is 4.14. The molecule has 1 aliphatic rings. The third-order valence-electron chi connectivity index (χ3n) is 4.37. The van der Waals surface area contributed by atoms with Crippen LogP contribution in [0.15, 0.2) is 47.6 Å². The highest BCUT2D eigenvalue weighted by atomic mass is 32.2. The molecule has 0 unspecified atom stereocenters. The largest absolute Gasteiger partial charge is 0.507 e. The quantitative estimate of drug-likeness (QED) is 0.585. The number of carbonyl (C=O) groups is 1. The lowest BCUT2D eigenvalue weighted by molar-refractivity contribution is -0.122. The molecule has 0 radical (unpaired) electrons. The van der Waals surface area contributed by atoms with Crippen LogP contribution in [0.4, 0.5) is 5.69 Å². The summed E-state index contributed by atoms with van der Waals surface area (Å²) in [5, 5.41) is 10.4. The van der Waals surface area contributed by atoms with E-state index >= 15 is 0 Å². The van der Waals surface area contributed by atoms with Crippen LogP contribution < -0.4 is 4.90 Å². The van der Waals surface area contributed by atoms with E-state index in [4.69, 9.17) is 12.2 Å². The van der Waals surface area contributed by atoms with Gasteiger partial charge < -0.3 is 10.0 Å². The van der Waals surface area contributed by atoms with Crippen molar-refractivity contribution in [3.63, 3.8) is 0 Å². The summed E-state index contributed by atoms with van der Waals surface area (Å²) in [5.41, 5.74) is 2.48. The number of phenolic OH excluding ortho intramolecular Hbond substituents is 1. The normalized spacial score (nSPS) is 15.6. The fraction of sp³-hybridized carbons (Fsp3) is 0.250. The molecule has 1 aromatic heterocycles. The third-order valence-corrected chi connectivity index (χ3v) is 5.74. The van der Waals surface area contributed by atoms with Crippen molar-refractivity contribution in [1.82, 2.24) is 9.88 Å². The van der Waals surface area contributed by atoms with Crippen molar-refractivity contribution in [1.29, 1.82) is 0 Å². The average molecular weight is 400 g/mol. The van der Waals surface area contributed by atoms with Crippen LogP contribution in [0.1, 0.15) is 25.0 Å². The van der Waals surface area contributed by atoms with Crippen LogP contribution in [0.2, 0.25) is 0 Å². The molecule has 2 heterocycles. The van der Waals surface area contributed by atoms with Crippen molar-refractivity contribution in [3.05, 3.63) is 58.8 Å². The molecule has 3 rings (SSSR count). The number of aromatic nitrogens is 1. The van der Waals surface area contributed by atoms with Gasteiger partial charge in [-0.2, -0.15) is 0 Å². The number of hydrogen-bond acceptors (Lipinski definition) is 6. The summed E-state index contributed by atoms with van der Waals surface area (Å²) < 4.78 is 0.509. The zero-order valence-electron chi connectivity index (χ0n) is 15.3. The summed E-state index contributed by atoms with van der Waals surface area (Å²) >= 11 is 6.62. The first-order valence-electron chi connectivity index (χ1n) is 8.75. The highest BCUT2D eigenvalue weighted by molar-refractivity contribution is 8.26. The molecule has 1 fully saturated rings. The molecule has 1 aromatic carbocycles. The molecular weight excluding hydrogens is 378 g/mol. The predicted molar refractivity (Wildman–Crippen MR) is 115 cm³/mol. The molecule has 1 aliphatic heterocycles. The Hall–Kier alpha value is -2.38. The monoisotopic (exact) mass is 399 g/mol. The van der Waals surface area contributed by atoms with Gasteiger partial charge in [0.05, 0.1) is 11.4 Å². The van der Waals surface area contributed by atoms with E-state index in [-0.39, 0.29) is 11.7 Å². The van der Waals surface area contributed by atoms with Crippen molar-refractivity contribution in [2.75, 3.05) is 18.0 Å². The molecule has 1 amide bonds. The standard InChI is InChI=1S/C20H21N3O2S2/c1-3-22(4-2)16-8-7-15(17(24)11-16)10-18-19(25)23(20(26)27-18)13-14-6-5-9-21-12-14/h5-12,24H,3-4,13H2,1-2H3. The maximum absolute atomic E-state index is 12.7. The Bertz CT molecular complexity index is 880. The van der Waals surface area contributed by atoms with E-state index in [1.54, 1.807) is 29.4 Å². The molecule has 0 atom stereocenters. The number of thiocarbonyl (C=S) groups is 1. The highest BCUT2D eigenvalue weighted by Crippen LogP contribution is 2.35. The van der Waals surface area contributed by atoms with Gasteiger partial charge in [-0.3, -0.25) is 14.7 Å². The summed E-state index contributed by atoms with van der Waals surface area (Å²) in [6, 6.07) is 9.26. The van der Waals surface area contributed by atoms with Gasteiger partial charge >= 0.3 is 0 Å². The highest BCUT2D eigenvalue weighted by Gasteiger charge is 2.32. The molecular formula is C20H21N3O2S2. The van der Waals surface area contributed by atoms with Gasteiger partial charge in [0.1, 0.15) is 10.1 Å². The van der Waals surface area contributed by atoms with Gasteiger partial charge in [-0.15, -0.1) is 0 Å². The van der Waals surface area contributed by atoms with Gasteiger partial charge in [0, 0.05) is 42.8 Å². The Labute approximate surface area is 168 Å². The average Bonchev–Trinajstić information content (AvgIpc) is 2.93. The maximum Gasteiger partial charge on any atom is 0.266 e. The van der Waals surface area contributed by atoms with E-state index in [0.717, 1.165) is 24.3 Å². The number of rotatable bonds is 6. The van der Waals surface area contributed by atoms with Crippen molar-refractivity contribution in [2.24, 2.45) is 0 Å². The van der Waals surface area contributed by atoms with E-state index in [0.29, 0.717) is 21.3 Å². The summed E-state index contributed by atoms with van der Waals surface area (Å²) in [4.78, 5) is 21.0. The Morgan fingerprint density at radius 3 is 2.70 bits per heavy atom. The topological polar surface area (TPSA) is 56.7 Å². The van der Waals surface area contributed by atoms with Crippen molar-refractivity contribution in [2.45, 2.75) is 20.4 Å². The molecule has 7 heteroatoms. The third kappa shape index (κ3) is 4.31. The molecule has 140 valence electrons. The van der Waals surface area contributed by atoms with Gasteiger partial charge in [-0.05, 0) is 43.7 Å². The molecule has 27 heavy (non-hydrogen) atoms. The Kier molecular flexibility index (Phi) is 6.13. The van der Waals surface area contributed by atoms with E-state index in [9.17, 15) is 9.90 Å². The Morgan fingerprint density at radius 2 is 2.07 bits per heavy atom. The zero-order valence-corrected chi connectivity index (χ0v) is 16.9. The fourth-order valence-electron chi connectivity index (χ4n) is 2.89. The van der Waals surface area contributed by atoms with Crippen LogP contribution in [-0.4, -0.2) is 38.3 Å². The van der Waals surface area contributed by atoms with E-state index in [1.165, 1.54) is 11.8 Å². The molecule has 1 saturated heterocycles. The first-order valence-corrected chi connectivity index (χ1v) is 9.98. The number of phenols is 1. The van der Waals surface area contributed by atoms with Crippen LogP contribution in [0.25, 0.3) is 6.08 Å². The summed E-state index contributed by atoms with van der Waals surface area (Å²) in [6.45, 7) is 6.26. The summed E-state index contributed by atoms with van der Waals surface area (Å²) in [5.74, 6) is -0.00185. The Morgan fingerprint density at radius 1 is 1.30 bits per heavy atom. The van der Waals surface area contributed by atoms with Gasteiger partial charge in [0.15, 0.2) is 0 Å².